The number of anilines is 2. The number of aromatic nitrogens is 3. The van der Waals surface area contributed by atoms with E-state index in [2.05, 4.69) is 10.4 Å². The first kappa shape index (κ1) is 23.1. The first-order valence-electron chi connectivity index (χ1n) is 12.1. The zero-order chi connectivity index (χ0) is 24.7. The van der Waals surface area contributed by atoms with Crippen LogP contribution in [-0.2, 0) is 18.4 Å². The molecule has 5 rings (SSSR count). The third kappa shape index (κ3) is 4.41. The predicted octanol–water partition coefficient (Wildman–Crippen LogP) is 3.78. The number of carbonyl (C=O) groups excluding carboxylic acids is 1. The minimum Gasteiger partial charge on any atom is -0.388 e. The highest BCUT2D eigenvalue weighted by Crippen LogP contribution is 2.28. The van der Waals surface area contributed by atoms with Crippen LogP contribution in [0.2, 0.25) is 0 Å². The van der Waals surface area contributed by atoms with Crippen LogP contribution in [0.25, 0.3) is 21.7 Å². The molecule has 0 bridgehead atoms. The lowest BCUT2D eigenvalue weighted by Gasteiger charge is -2.42. The van der Waals surface area contributed by atoms with E-state index in [4.69, 9.17) is 0 Å². The van der Waals surface area contributed by atoms with Crippen molar-refractivity contribution in [3.05, 3.63) is 65.2 Å². The Balaban J connectivity index is 1.46. The van der Waals surface area contributed by atoms with Crippen LogP contribution in [0.5, 0.6) is 0 Å². The molecule has 0 spiro atoms. The second-order valence-corrected chi connectivity index (χ2v) is 9.94. The van der Waals surface area contributed by atoms with E-state index < -0.39 is 5.60 Å². The summed E-state index contributed by atoms with van der Waals surface area (Å²) in [6, 6.07) is 13.2. The minimum absolute atomic E-state index is 0.0582. The number of rotatable bonds is 5. The summed E-state index contributed by atoms with van der Waals surface area (Å²) in [7, 11) is 1.90. The molecule has 2 N–H and O–H groups in total. The zero-order valence-electron chi connectivity index (χ0n) is 20.4. The van der Waals surface area contributed by atoms with Crippen molar-refractivity contribution >= 4 is 39.0 Å². The molecule has 1 aliphatic rings. The number of hydrogen-bond donors (Lipinski definition) is 2. The molecule has 35 heavy (non-hydrogen) atoms. The van der Waals surface area contributed by atoms with Crippen molar-refractivity contribution in [3.63, 3.8) is 0 Å². The number of carbonyl (C=O) groups is 1. The summed E-state index contributed by atoms with van der Waals surface area (Å²) in [6.45, 7) is 4.02. The van der Waals surface area contributed by atoms with Crippen LogP contribution in [0.3, 0.4) is 0 Å². The van der Waals surface area contributed by atoms with E-state index in [0.717, 1.165) is 41.2 Å². The van der Waals surface area contributed by atoms with E-state index >= 15 is 0 Å². The Morgan fingerprint density at radius 2 is 2.00 bits per heavy atom. The number of aryl methyl sites for hydroxylation is 1. The highest BCUT2D eigenvalue weighted by molar-refractivity contribution is 5.95. The van der Waals surface area contributed by atoms with Crippen LogP contribution in [0.1, 0.15) is 33.1 Å². The fourth-order valence-electron chi connectivity index (χ4n) is 5.16. The summed E-state index contributed by atoms with van der Waals surface area (Å²) < 4.78 is 3.29. The molecular formula is C27H31N5O3. The molecule has 1 aliphatic heterocycles. The van der Waals surface area contributed by atoms with Gasteiger partial charge in [-0.05, 0) is 68.8 Å². The van der Waals surface area contributed by atoms with E-state index in [0.29, 0.717) is 17.6 Å². The second-order valence-electron chi connectivity index (χ2n) is 9.94. The van der Waals surface area contributed by atoms with Crippen molar-refractivity contribution in [1.82, 2.24) is 19.2 Å². The SMILES string of the molecule is Cn1ncc2cc(Nc3cccc4ccn(CC(=O)N5CCCCC5C(C)(C)O)c(=O)c34)ccc21. The lowest BCUT2D eigenvalue weighted by Crippen LogP contribution is -2.55. The molecule has 0 saturated carbocycles. The summed E-state index contributed by atoms with van der Waals surface area (Å²) in [4.78, 5) is 28.5. The summed E-state index contributed by atoms with van der Waals surface area (Å²) in [5.41, 5.74) is 1.35. The number of nitrogens with zero attached hydrogens (tertiary/aromatic N) is 4. The van der Waals surface area contributed by atoms with Crippen molar-refractivity contribution in [2.24, 2.45) is 7.05 Å². The Morgan fingerprint density at radius 1 is 1.17 bits per heavy atom. The van der Waals surface area contributed by atoms with Crippen molar-refractivity contribution in [3.8, 4) is 0 Å². The third-order valence-electron chi connectivity index (χ3n) is 6.97. The maximum Gasteiger partial charge on any atom is 0.261 e. The van der Waals surface area contributed by atoms with Gasteiger partial charge in [-0.2, -0.15) is 5.10 Å². The largest absolute Gasteiger partial charge is 0.388 e. The van der Waals surface area contributed by atoms with Crippen molar-refractivity contribution in [1.29, 1.82) is 0 Å². The van der Waals surface area contributed by atoms with Gasteiger partial charge in [0.25, 0.3) is 5.56 Å². The van der Waals surface area contributed by atoms with E-state index in [1.165, 1.54) is 4.57 Å². The first-order valence-corrected chi connectivity index (χ1v) is 12.1. The molecule has 3 heterocycles. The number of aliphatic hydroxyl groups is 1. The molecule has 8 nitrogen and oxygen atoms in total. The molecule has 0 aliphatic carbocycles. The van der Waals surface area contributed by atoms with Gasteiger partial charge in [0.2, 0.25) is 5.91 Å². The number of likely N-dealkylation sites (tertiary alicyclic amines) is 1. The number of hydrogen-bond acceptors (Lipinski definition) is 5. The summed E-state index contributed by atoms with van der Waals surface area (Å²) in [5.74, 6) is -0.147. The van der Waals surface area contributed by atoms with Crippen LogP contribution >= 0.6 is 0 Å². The molecule has 2 aromatic heterocycles. The van der Waals surface area contributed by atoms with E-state index in [-0.39, 0.29) is 24.1 Å². The van der Waals surface area contributed by atoms with Gasteiger partial charge in [-0.25, -0.2) is 0 Å². The highest BCUT2D eigenvalue weighted by Gasteiger charge is 2.36. The molecule has 0 radical (unpaired) electrons. The number of amides is 1. The van der Waals surface area contributed by atoms with E-state index in [1.807, 2.05) is 60.4 Å². The Bertz CT molecular complexity index is 1460. The van der Waals surface area contributed by atoms with E-state index in [1.54, 1.807) is 24.9 Å². The molecule has 1 amide bonds. The predicted molar refractivity (Wildman–Crippen MR) is 138 cm³/mol. The average Bonchev–Trinajstić information content (AvgIpc) is 3.20. The van der Waals surface area contributed by atoms with Gasteiger partial charge in [-0.15, -0.1) is 0 Å². The first-order chi connectivity index (χ1) is 16.7. The monoisotopic (exact) mass is 473 g/mol. The second kappa shape index (κ2) is 8.85. The van der Waals surface area contributed by atoms with Gasteiger partial charge in [0.15, 0.2) is 0 Å². The molecule has 1 saturated heterocycles. The van der Waals surface area contributed by atoms with E-state index in [9.17, 15) is 14.7 Å². The van der Waals surface area contributed by atoms with Crippen LogP contribution in [0.15, 0.2) is 59.7 Å². The quantitative estimate of drug-likeness (QED) is 0.460. The topological polar surface area (TPSA) is 92.4 Å². The van der Waals surface area contributed by atoms with Crippen LogP contribution in [0, 0.1) is 0 Å². The lowest BCUT2D eigenvalue weighted by atomic mass is 9.89. The molecule has 4 aromatic rings. The van der Waals surface area contributed by atoms with Crippen LogP contribution < -0.4 is 10.9 Å². The number of nitrogens with one attached hydrogen (secondary N) is 1. The fourth-order valence-corrected chi connectivity index (χ4v) is 5.16. The van der Waals surface area contributed by atoms with Gasteiger partial charge in [0.1, 0.15) is 6.54 Å². The standard InChI is InChI=1S/C27H31N5O3/c1-27(2,35)23-9-4-5-13-32(23)24(33)17-31-14-12-18-7-6-8-21(25(18)26(31)34)29-20-10-11-22-19(15-20)16-28-30(22)3/h6-8,10-12,14-16,23,29,35H,4-5,9,13,17H2,1-3H3. The lowest BCUT2D eigenvalue weighted by molar-refractivity contribution is -0.142. The summed E-state index contributed by atoms with van der Waals surface area (Å²) in [6.07, 6.45) is 6.13. The minimum atomic E-state index is -0.989. The summed E-state index contributed by atoms with van der Waals surface area (Å²) in [5, 5.41) is 20.6. The van der Waals surface area contributed by atoms with Gasteiger partial charge < -0.3 is 19.9 Å². The molecule has 1 fully saturated rings. The fraction of sp³-hybridized carbons (Fsp3) is 0.370. The Kier molecular flexibility index (Phi) is 5.84. The van der Waals surface area contributed by atoms with Crippen molar-refractivity contribution in [2.45, 2.75) is 51.3 Å². The molecular weight excluding hydrogens is 442 g/mol. The average molecular weight is 474 g/mol. The number of piperidine rings is 1. The number of fused-ring (bicyclic) bond motifs is 2. The Labute approximate surface area is 203 Å². The van der Waals surface area contributed by atoms with Gasteiger partial charge in [0.05, 0.1) is 34.4 Å². The molecule has 8 heteroatoms. The Morgan fingerprint density at radius 3 is 2.80 bits per heavy atom. The van der Waals surface area contributed by atoms with Crippen molar-refractivity contribution in [2.75, 3.05) is 11.9 Å². The molecule has 1 atom stereocenters. The maximum absolute atomic E-state index is 13.5. The third-order valence-corrected chi connectivity index (χ3v) is 6.97. The van der Waals surface area contributed by atoms with Gasteiger partial charge in [0, 0.05) is 30.9 Å². The molecule has 182 valence electrons. The van der Waals surface area contributed by atoms with Crippen LogP contribution in [0.4, 0.5) is 11.4 Å². The van der Waals surface area contributed by atoms with Crippen LogP contribution in [-0.4, -0.2) is 48.4 Å². The van der Waals surface area contributed by atoms with Gasteiger partial charge in [-0.3, -0.25) is 14.3 Å². The zero-order valence-corrected chi connectivity index (χ0v) is 20.4. The van der Waals surface area contributed by atoms with Gasteiger partial charge in [-0.1, -0.05) is 12.1 Å². The maximum atomic E-state index is 13.5. The van der Waals surface area contributed by atoms with Crippen molar-refractivity contribution < 1.29 is 9.90 Å². The summed E-state index contributed by atoms with van der Waals surface area (Å²) >= 11 is 0. The van der Waals surface area contributed by atoms with Gasteiger partial charge >= 0.3 is 0 Å². The number of pyridine rings is 1. The number of benzene rings is 2. The Hall–Kier alpha value is -3.65. The molecule has 2 aromatic carbocycles. The highest BCUT2D eigenvalue weighted by atomic mass is 16.3. The normalized spacial score (nSPS) is 16.7. The smallest absolute Gasteiger partial charge is 0.261 e. The molecule has 1 unspecified atom stereocenters.